The number of carbonyl (C=O) groups is 1. The highest BCUT2D eigenvalue weighted by atomic mass is 16.2. The first-order valence-electron chi connectivity index (χ1n) is 7.98. The van der Waals surface area contributed by atoms with E-state index in [1.54, 1.807) is 10.6 Å². The normalized spacial score (nSPS) is 20.6. The predicted molar refractivity (Wildman–Crippen MR) is 89.1 cm³/mol. The van der Waals surface area contributed by atoms with E-state index in [0.29, 0.717) is 5.69 Å². The fraction of sp³-hybridized carbons (Fsp3) is 0.667. The van der Waals surface area contributed by atoms with Crippen LogP contribution in [0.25, 0.3) is 0 Å². The third kappa shape index (κ3) is 3.79. The third-order valence-electron chi connectivity index (χ3n) is 4.64. The van der Waals surface area contributed by atoms with Crippen LogP contribution in [0, 0.1) is 17.8 Å². The molecule has 1 aromatic rings. The predicted octanol–water partition coefficient (Wildman–Crippen LogP) is 3.03. The first kappa shape index (κ1) is 16.8. The first-order valence-corrected chi connectivity index (χ1v) is 7.98. The molecule has 2 rings (SSSR count). The molecule has 0 unspecified atom stereocenters. The highest BCUT2D eigenvalue weighted by Crippen LogP contribution is 2.45. The minimum Gasteiger partial charge on any atom is -0.348 e. The molecule has 0 radical (unpaired) electrons. The minimum absolute atomic E-state index is 0.120. The van der Waals surface area contributed by atoms with Gasteiger partial charge in [0.05, 0.1) is 0 Å². The van der Waals surface area contributed by atoms with E-state index in [4.69, 9.17) is 0 Å². The van der Waals surface area contributed by atoms with Crippen molar-refractivity contribution in [3.05, 3.63) is 33.7 Å². The highest BCUT2D eigenvalue weighted by molar-refractivity contribution is 5.92. The van der Waals surface area contributed by atoms with Crippen molar-refractivity contribution in [2.24, 2.45) is 17.9 Å². The molecule has 1 aliphatic rings. The van der Waals surface area contributed by atoms with E-state index in [-0.39, 0.29) is 28.2 Å². The lowest BCUT2D eigenvalue weighted by Gasteiger charge is -2.45. The zero-order valence-electron chi connectivity index (χ0n) is 14.6. The molecule has 0 aromatic carbocycles. The summed E-state index contributed by atoms with van der Waals surface area (Å²) in [5.74, 6) is -0.151. The van der Waals surface area contributed by atoms with Gasteiger partial charge in [-0.05, 0) is 37.0 Å². The fourth-order valence-electron chi connectivity index (χ4n) is 4.19. The molecule has 122 valence electrons. The van der Waals surface area contributed by atoms with E-state index >= 15 is 0 Å². The molecule has 4 nitrogen and oxygen atoms in total. The summed E-state index contributed by atoms with van der Waals surface area (Å²) in [4.78, 5) is 24.3. The first-order chi connectivity index (χ1) is 9.99. The summed E-state index contributed by atoms with van der Waals surface area (Å²) in [6.45, 7) is 10.9. The maximum Gasteiger partial charge on any atom is 0.268 e. The molecule has 1 amide bonds. The number of hydrogen-bond acceptors (Lipinski definition) is 2. The Hall–Kier alpha value is -1.58. The number of hydrogen-bond donors (Lipinski definition) is 1. The minimum atomic E-state index is -0.151. The van der Waals surface area contributed by atoms with Gasteiger partial charge in [0.1, 0.15) is 5.69 Å². The summed E-state index contributed by atoms with van der Waals surface area (Å²) in [5, 5.41) is 3.14. The van der Waals surface area contributed by atoms with Crippen molar-refractivity contribution in [2.45, 2.75) is 59.9 Å². The third-order valence-corrected chi connectivity index (χ3v) is 4.64. The van der Waals surface area contributed by atoms with Crippen molar-refractivity contribution in [3.63, 3.8) is 0 Å². The molecule has 1 heterocycles. The molecule has 0 spiro atoms. The standard InChI is InChI=1S/C18H28N2O2/c1-12-7-14(21)8-15(20(12)6)16(22)19-13-9-17(2,3)11-18(4,5)10-13/h7-8,13H,9-11H2,1-6H3,(H,19,22). The lowest BCUT2D eigenvalue weighted by atomic mass is 9.63. The Morgan fingerprint density at radius 2 is 1.73 bits per heavy atom. The van der Waals surface area contributed by atoms with Crippen LogP contribution in [-0.4, -0.2) is 16.5 Å². The average Bonchev–Trinajstić information content (AvgIpc) is 2.29. The summed E-state index contributed by atoms with van der Waals surface area (Å²) in [5.41, 5.74) is 1.55. The summed E-state index contributed by atoms with van der Waals surface area (Å²) in [7, 11) is 1.82. The maximum atomic E-state index is 12.6. The van der Waals surface area contributed by atoms with Gasteiger partial charge in [-0.3, -0.25) is 9.59 Å². The Morgan fingerprint density at radius 3 is 2.27 bits per heavy atom. The summed E-state index contributed by atoms with van der Waals surface area (Å²) < 4.78 is 1.77. The monoisotopic (exact) mass is 304 g/mol. The highest BCUT2D eigenvalue weighted by Gasteiger charge is 2.39. The van der Waals surface area contributed by atoms with E-state index in [9.17, 15) is 9.59 Å². The number of carbonyl (C=O) groups excluding carboxylic acids is 1. The fourth-order valence-corrected chi connectivity index (χ4v) is 4.19. The van der Waals surface area contributed by atoms with Gasteiger partial charge in [-0.2, -0.15) is 0 Å². The summed E-state index contributed by atoms with van der Waals surface area (Å²) in [6.07, 6.45) is 3.11. The van der Waals surface area contributed by atoms with Crippen LogP contribution in [0.2, 0.25) is 0 Å². The van der Waals surface area contributed by atoms with Gasteiger partial charge in [0.2, 0.25) is 0 Å². The number of rotatable bonds is 2. The van der Waals surface area contributed by atoms with Gasteiger partial charge in [0, 0.05) is 30.9 Å². The van der Waals surface area contributed by atoms with Crippen molar-refractivity contribution >= 4 is 5.91 Å². The Balaban J connectivity index is 2.21. The number of nitrogens with one attached hydrogen (secondary N) is 1. The molecule has 0 aliphatic heterocycles. The molecule has 1 aliphatic carbocycles. The molecule has 1 aromatic heterocycles. The van der Waals surface area contributed by atoms with Crippen LogP contribution >= 0.6 is 0 Å². The SMILES string of the molecule is Cc1cc(=O)cc(C(=O)NC2CC(C)(C)CC(C)(C)C2)n1C. The largest absolute Gasteiger partial charge is 0.348 e. The number of amides is 1. The molecule has 1 fully saturated rings. The average molecular weight is 304 g/mol. The van der Waals surface area contributed by atoms with E-state index in [2.05, 4.69) is 33.0 Å². The lowest BCUT2D eigenvalue weighted by molar-refractivity contribution is 0.0708. The summed E-state index contributed by atoms with van der Waals surface area (Å²) >= 11 is 0. The van der Waals surface area contributed by atoms with Crippen LogP contribution in [0.5, 0.6) is 0 Å². The van der Waals surface area contributed by atoms with Crippen molar-refractivity contribution < 1.29 is 4.79 Å². The van der Waals surface area contributed by atoms with Gasteiger partial charge in [-0.1, -0.05) is 27.7 Å². The Morgan fingerprint density at radius 1 is 1.18 bits per heavy atom. The quantitative estimate of drug-likeness (QED) is 0.913. The number of aryl methyl sites for hydroxylation is 1. The van der Waals surface area contributed by atoms with E-state index in [1.807, 2.05) is 14.0 Å². The Bertz CT molecular complexity index is 625. The smallest absolute Gasteiger partial charge is 0.268 e. The summed E-state index contributed by atoms with van der Waals surface area (Å²) in [6, 6.07) is 3.12. The van der Waals surface area contributed by atoms with Crippen LogP contribution < -0.4 is 10.7 Å². The van der Waals surface area contributed by atoms with Gasteiger partial charge < -0.3 is 9.88 Å². The van der Waals surface area contributed by atoms with Crippen molar-refractivity contribution in [3.8, 4) is 0 Å². The van der Waals surface area contributed by atoms with Crippen LogP contribution in [0.3, 0.4) is 0 Å². The maximum absolute atomic E-state index is 12.6. The number of nitrogens with zero attached hydrogens (tertiary/aromatic N) is 1. The second-order valence-corrected chi connectivity index (χ2v) is 8.36. The zero-order chi connectivity index (χ0) is 16.7. The Labute approximate surface area is 132 Å². The van der Waals surface area contributed by atoms with Gasteiger partial charge in [-0.15, -0.1) is 0 Å². The van der Waals surface area contributed by atoms with Crippen molar-refractivity contribution in [1.82, 2.24) is 9.88 Å². The van der Waals surface area contributed by atoms with Gasteiger partial charge in [0.15, 0.2) is 5.43 Å². The zero-order valence-corrected chi connectivity index (χ0v) is 14.6. The molecular weight excluding hydrogens is 276 g/mol. The molecule has 0 atom stereocenters. The molecule has 22 heavy (non-hydrogen) atoms. The lowest BCUT2D eigenvalue weighted by Crippen LogP contribution is -2.46. The van der Waals surface area contributed by atoms with Crippen LogP contribution in [0.1, 0.15) is 63.1 Å². The van der Waals surface area contributed by atoms with E-state index < -0.39 is 0 Å². The molecule has 4 heteroatoms. The van der Waals surface area contributed by atoms with E-state index in [1.165, 1.54) is 6.07 Å². The van der Waals surface area contributed by atoms with Crippen LogP contribution in [-0.2, 0) is 7.05 Å². The molecule has 1 N–H and O–H groups in total. The molecule has 0 bridgehead atoms. The van der Waals surface area contributed by atoms with Crippen molar-refractivity contribution in [2.75, 3.05) is 0 Å². The number of pyridine rings is 1. The molecule has 0 saturated heterocycles. The molecular formula is C18H28N2O2. The van der Waals surface area contributed by atoms with Crippen LogP contribution in [0.4, 0.5) is 0 Å². The topological polar surface area (TPSA) is 51.1 Å². The van der Waals surface area contributed by atoms with E-state index in [0.717, 1.165) is 25.0 Å². The van der Waals surface area contributed by atoms with Crippen molar-refractivity contribution in [1.29, 1.82) is 0 Å². The van der Waals surface area contributed by atoms with Crippen LogP contribution in [0.15, 0.2) is 16.9 Å². The molecule has 1 saturated carbocycles. The second kappa shape index (κ2) is 5.56. The van der Waals surface area contributed by atoms with Gasteiger partial charge in [-0.25, -0.2) is 0 Å². The number of aromatic nitrogens is 1. The van der Waals surface area contributed by atoms with Gasteiger partial charge in [0.25, 0.3) is 5.91 Å². The second-order valence-electron chi connectivity index (χ2n) is 8.36. The van der Waals surface area contributed by atoms with Gasteiger partial charge >= 0.3 is 0 Å². The Kier molecular flexibility index (Phi) is 4.24.